The number of benzene rings is 1. The molecule has 0 atom stereocenters. The van der Waals surface area contributed by atoms with Crippen LogP contribution < -0.4 is 9.57 Å². The highest BCUT2D eigenvalue weighted by molar-refractivity contribution is 7.15. The van der Waals surface area contributed by atoms with Gasteiger partial charge in [0, 0.05) is 35.1 Å². The molecule has 6 heteroatoms. The zero-order chi connectivity index (χ0) is 17.0. The third-order valence-electron chi connectivity index (χ3n) is 4.51. The van der Waals surface area contributed by atoms with Gasteiger partial charge in [0.2, 0.25) is 0 Å². The second-order valence-electron chi connectivity index (χ2n) is 6.85. The van der Waals surface area contributed by atoms with Crippen molar-refractivity contribution in [3.05, 3.63) is 35.3 Å². The maximum atomic E-state index is 6.08. The van der Waals surface area contributed by atoms with Crippen molar-refractivity contribution in [2.24, 2.45) is 5.41 Å². The first-order chi connectivity index (χ1) is 11.6. The van der Waals surface area contributed by atoms with E-state index in [1.807, 2.05) is 18.3 Å². The molecule has 0 radical (unpaired) electrons. The van der Waals surface area contributed by atoms with Gasteiger partial charge in [0.1, 0.15) is 10.8 Å². The Morgan fingerprint density at radius 3 is 2.62 bits per heavy atom. The zero-order valence-corrected chi connectivity index (χ0v) is 15.8. The Balaban J connectivity index is 1.60. The van der Waals surface area contributed by atoms with E-state index < -0.39 is 0 Å². The van der Waals surface area contributed by atoms with Crippen LogP contribution in [0.4, 0.5) is 0 Å². The third kappa shape index (κ3) is 4.28. The number of nitrogens with one attached hydrogen (secondary N) is 1. The zero-order valence-electron chi connectivity index (χ0n) is 14.2. The summed E-state index contributed by atoms with van der Waals surface area (Å²) in [5.74, 6) is 0.933. The highest BCUT2D eigenvalue weighted by atomic mass is 35.5. The maximum absolute atomic E-state index is 6.08. The first-order valence-electron chi connectivity index (χ1n) is 8.26. The molecule has 1 fully saturated rings. The van der Waals surface area contributed by atoms with E-state index in [0.29, 0.717) is 12.0 Å². The van der Waals surface area contributed by atoms with Crippen LogP contribution in [-0.2, 0) is 6.54 Å². The van der Waals surface area contributed by atoms with Crippen molar-refractivity contribution in [1.82, 2.24) is 14.7 Å². The van der Waals surface area contributed by atoms with E-state index >= 15 is 0 Å². The molecule has 1 saturated carbocycles. The van der Waals surface area contributed by atoms with E-state index in [1.165, 1.54) is 19.3 Å². The Kier molecular flexibility index (Phi) is 5.76. The van der Waals surface area contributed by atoms with Crippen LogP contribution in [0.25, 0.3) is 10.6 Å². The molecule has 2 aromatic rings. The first-order valence-corrected chi connectivity index (χ1v) is 9.46. The van der Waals surface area contributed by atoms with Crippen LogP contribution in [0.15, 0.2) is 30.5 Å². The molecule has 3 rings (SSSR count). The van der Waals surface area contributed by atoms with E-state index in [1.54, 1.807) is 11.3 Å². The largest absolute Gasteiger partial charge is 0.493 e. The molecule has 0 aliphatic heterocycles. The Labute approximate surface area is 152 Å². The summed E-state index contributed by atoms with van der Waals surface area (Å²) in [6.07, 6.45) is 5.71. The highest BCUT2D eigenvalue weighted by Crippen LogP contribution is 2.41. The topological polar surface area (TPSA) is 37.4 Å². The molecule has 1 aromatic carbocycles. The molecule has 24 heavy (non-hydrogen) atoms. The lowest BCUT2D eigenvalue weighted by molar-refractivity contribution is 0.0315. The molecular weight excluding hydrogens is 342 g/mol. The van der Waals surface area contributed by atoms with Crippen molar-refractivity contribution >= 4 is 23.1 Å². The van der Waals surface area contributed by atoms with Gasteiger partial charge < -0.3 is 9.64 Å². The van der Waals surface area contributed by atoms with E-state index in [9.17, 15) is 0 Å². The predicted octanol–water partition coefficient (Wildman–Crippen LogP) is 4.16. The van der Waals surface area contributed by atoms with Crippen LogP contribution >= 0.6 is 23.1 Å². The maximum Gasteiger partial charge on any atom is 0.123 e. The fourth-order valence-electron chi connectivity index (χ4n) is 3.21. The van der Waals surface area contributed by atoms with Crippen molar-refractivity contribution in [2.45, 2.75) is 25.8 Å². The predicted molar refractivity (Wildman–Crippen MR) is 101 cm³/mol. The lowest BCUT2D eigenvalue weighted by atomic mass is 9.69. The SMILES string of the molecule is CN(C)CC1(COc2ccc(-c3ncc(CNCl)s3)cc2)CCC1. The van der Waals surface area contributed by atoms with Gasteiger partial charge in [-0.2, -0.15) is 0 Å². The summed E-state index contributed by atoms with van der Waals surface area (Å²) in [7, 11) is 4.27. The number of hydrogen-bond acceptors (Lipinski definition) is 5. The average Bonchev–Trinajstić information content (AvgIpc) is 2.99. The minimum atomic E-state index is 0.334. The van der Waals surface area contributed by atoms with E-state index in [2.05, 4.69) is 40.9 Å². The Hall–Kier alpha value is -1.14. The van der Waals surface area contributed by atoms with Crippen LogP contribution in [0.1, 0.15) is 24.1 Å². The second-order valence-corrected chi connectivity index (χ2v) is 8.23. The Bertz CT molecular complexity index is 653. The molecule has 0 amide bonds. The van der Waals surface area contributed by atoms with Gasteiger partial charge in [-0.3, -0.25) is 0 Å². The van der Waals surface area contributed by atoms with Crippen LogP contribution in [0, 0.1) is 5.41 Å². The van der Waals surface area contributed by atoms with Gasteiger partial charge in [-0.05, 0) is 63.0 Å². The number of rotatable bonds is 8. The van der Waals surface area contributed by atoms with Gasteiger partial charge in [0.05, 0.1) is 6.61 Å². The van der Waals surface area contributed by atoms with Gasteiger partial charge in [0.25, 0.3) is 0 Å². The molecular formula is C18H24ClN3OS. The Morgan fingerprint density at radius 2 is 2.04 bits per heavy atom. The monoisotopic (exact) mass is 365 g/mol. The van der Waals surface area contributed by atoms with Crippen molar-refractivity contribution in [3.8, 4) is 16.3 Å². The molecule has 130 valence electrons. The molecule has 0 saturated heterocycles. The summed E-state index contributed by atoms with van der Waals surface area (Å²) in [6, 6.07) is 8.23. The molecule has 1 N–H and O–H groups in total. The van der Waals surface area contributed by atoms with Crippen LogP contribution in [-0.4, -0.2) is 37.1 Å². The second kappa shape index (κ2) is 7.83. The Morgan fingerprint density at radius 1 is 1.29 bits per heavy atom. The lowest BCUT2D eigenvalue weighted by Crippen LogP contribution is -2.44. The minimum Gasteiger partial charge on any atom is -0.493 e. The quantitative estimate of drug-likeness (QED) is 0.712. The third-order valence-corrected chi connectivity index (χ3v) is 5.69. The summed E-state index contributed by atoms with van der Waals surface area (Å²) >= 11 is 7.19. The van der Waals surface area contributed by atoms with Crippen molar-refractivity contribution in [2.75, 3.05) is 27.2 Å². The average molecular weight is 366 g/mol. The molecule has 1 aliphatic rings. The van der Waals surface area contributed by atoms with Gasteiger partial charge in [0.15, 0.2) is 0 Å². The molecule has 1 aromatic heterocycles. The molecule has 0 unspecified atom stereocenters. The van der Waals surface area contributed by atoms with Crippen molar-refractivity contribution in [1.29, 1.82) is 0 Å². The van der Waals surface area contributed by atoms with E-state index in [-0.39, 0.29) is 0 Å². The fraction of sp³-hybridized carbons (Fsp3) is 0.500. The molecule has 1 heterocycles. The number of nitrogens with zero attached hydrogens (tertiary/aromatic N) is 2. The summed E-state index contributed by atoms with van der Waals surface area (Å²) in [5, 5.41) is 1.01. The summed E-state index contributed by atoms with van der Waals surface area (Å²) < 4.78 is 6.08. The van der Waals surface area contributed by atoms with Crippen molar-refractivity contribution in [3.63, 3.8) is 0 Å². The van der Waals surface area contributed by atoms with E-state index in [4.69, 9.17) is 16.5 Å². The molecule has 1 aliphatic carbocycles. The van der Waals surface area contributed by atoms with Gasteiger partial charge in [-0.25, -0.2) is 9.82 Å². The van der Waals surface area contributed by atoms with Crippen LogP contribution in [0.2, 0.25) is 0 Å². The lowest BCUT2D eigenvalue weighted by Gasteiger charge is -2.43. The molecule has 4 nitrogen and oxygen atoms in total. The molecule has 0 bridgehead atoms. The number of ether oxygens (including phenoxy) is 1. The van der Waals surface area contributed by atoms with Crippen LogP contribution in [0.3, 0.4) is 0 Å². The normalized spacial score (nSPS) is 16.2. The number of halogens is 1. The number of hydrogen-bond donors (Lipinski definition) is 1. The van der Waals surface area contributed by atoms with Gasteiger partial charge >= 0.3 is 0 Å². The fourth-order valence-corrected chi connectivity index (χ4v) is 4.30. The van der Waals surface area contributed by atoms with Gasteiger partial charge in [-0.1, -0.05) is 6.42 Å². The summed E-state index contributed by atoms with van der Waals surface area (Å²) in [4.78, 5) is 10.5. The number of thiazole rings is 1. The minimum absolute atomic E-state index is 0.334. The van der Waals surface area contributed by atoms with E-state index in [0.717, 1.165) is 34.3 Å². The first kappa shape index (κ1) is 17.7. The smallest absolute Gasteiger partial charge is 0.123 e. The standard InChI is InChI=1S/C18H24ClN3OS/c1-22(2)12-18(8-3-9-18)13-23-15-6-4-14(5-7-15)17-20-10-16(24-17)11-21-19/h4-7,10,21H,3,8-9,11-13H2,1-2H3. The molecule has 0 spiro atoms. The highest BCUT2D eigenvalue weighted by Gasteiger charge is 2.38. The van der Waals surface area contributed by atoms with Crippen LogP contribution in [0.5, 0.6) is 5.75 Å². The number of aromatic nitrogens is 1. The summed E-state index contributed by atoms with van der Waals surface area (Å²) in [6.45, 7) is 2.53. The van der Waals surface area contributed by atoms with Gasteiger partial charge in [-0.15, -0.1) is 11.3 Å². The van der Waals surface area contributed by atoms with Crippen molar-refractivity contribution < 1.29 is 4.74 Å². The summed E-state index contributed by atoms with van der Waals surface area (Å²) in [5.41, 5.74) is 1.45.